The van der Waals surface area contributed by atoms with E-state index in [1.165, 1.54) is 11.1 Å². The lowest BCUT2D eigenvalue weighted by Gasteiger charge is -2.27. The van der Waals surface area contributed by atoms with Crippen LogP contribution in [0.3, 0.4) is 0 Å². The van der Waals surface area contributed by atoms with Crippen molar-refractivity contribution in [1.82, 2.24) is 4.90 Å². The van der Waals surface area contributed by atoms with Crippen molar-refractivity contribution in [1.29, 1.82) is 0 Å². The third-order valence-electron chi connectivity index (χ3n) is 4.74. The second kappa shape index (κ2) is 6.97. The predicted molar refractivity (Wildman–Crippen MR) is 92.9 cm³/mol. The lowest BCUT2D eigenvalue weighted by Crippen LogP contribution is -2.33. The summed E-state index contributed by atoms with van der Waals surface area (Å²) in [5.74, 6) is 0.159. The summed E-state index contributed by atoms with van der Waals surface area (Å²) in [5.41, 5.74) is 9.78. The third-order valence-corrected chi connectivity index (χ3v) is 4.74. The van der Waals surface area contributed by atoms with Gasteiger partial charge < -0.3 is 10.6 Å². The summed E-state index contributed by atoms with van der Waals surface area (Å²) in [7, 11) is 0. The van der Waals surface area contributed by atoms with Crippen LogP contribution in [0.1, 0.15) is 48.0 Å². The van der Waals surface area contributed by atoms with Crippen molar-refractivity contribution in [2.75, 3.05) is 6.54 Å². The van der Waals surface area contributed by atoms with Crippen LogP contribution in [0, 0.1) is 6.92 Å². The second-order valence-corrected chi connectivity index (χ2v) is 6.32. The number of hydrogen-bond acceptors (Lipinski definition) is 2. The second-order valence-electron chi connectivity index (χ2n) is 6.32. The van der Waals surface area contributed by atoms with Crippen molar-refractivity contribution < 1.29 is 4.79 Å². The van der Waals surface area contributed by atoms with Gasteiger partial charge in [0.2, 0.25) is 5.91 Å². The SMILES string of the molecule is Cc1ccccc1[C@H]1CCCN1C(=O)C[C@@H](N)c1ccccc1. The van der Waals surface area contributed by atoms with Gasteiger partial charge in [0.1, 0.15) is 0 Å². The molecule has 1 aliphatic heterocycles. The first-order chi connectivity index (χ1) is 11.2. The number of nitrogens with two attached hydrogens (primary N) is 1. The minimum Gasteiger partial charge on any atom is -0.336 e. The molecule has 23 heavy (non-hydrogen) atoms. The molecule has 1 fully saturated rings. The van der Waals surface area contributed by atoms with Gasteiger partial charge in [-0.15, -0.1) is 0 Å². The van der Waals surface area contributed by atoms with Crippen LogP contribution in [-0.4, -0.2) is 17.4 Å². The predicted octanol–water partition coefficient (Wildman–Crippen LogP) is 3.75. The van der Waals surface area contributed by atoms with Gasteiger partial charge in [0.15, 0.2) is 0 Å². The maximum absolute atomic E-state index is 12.8. The Morgan fingerprint density at radius 2 is 1.87 bits per heavy atom. The molecule has 2 aromatic carbocycles. The fraction of sp³-hybridized carbons (Fsp3) is 0.350. The van der Waals surface area contributed by atoms with Crippen molar-refractivity contribution >= 4 is 5.91 Å². The first kappa shape index (κ1) is 15.8. The van der Waals surface area contributed by atoms with Gasteiger partial charge in [0, 0.05) is 19.0 Å². The molecule has 0 spiro atoms. The lowest BCUT2D eigenvalue weighted by atomic mass is 9.98. The van der Waals surface area contributed by atoms with E-state index in [1.807, 2.05) is 41.3 Å². The molecule has 1 aliphatic rings. The van der Waals surface area contributed by atoms with Gasteiger partial charge in [0.05, 0.1) is 6.04 Å². The number of likely N-dealkylation sites (tertiary alicyclic amines) is 1. The van der Waals surface area contributed by atoms with E-state index in [0.717, 1.165) is 24.9 Å². The van der Waals surface area contributed by atoms with E-state index in [4.69, 9.17) is 5.73 Å². The van der Waals surface area contributed by atoms with E-state index < -0.39 is 0 Å². The molecular weight excluding hydrogens is 284 g/mol. The molecule has 0 saturated carbocycles. The molecule has 1 heterocycles. The Kier molecular flexibility index (Phi) is 4.77. The summed E-state index contributed by atoms with van der Waals surface area (Å²) in [6, 6.07) is 18.2. The summed E-state index contributed by atoms with van der Waals surface area (Å²) in [5, 5.41) is 0. The molecule has 2 N–H and O–H groups in total. The van der Waals surface area contributed by atoms with Gasteiger partial charge in [-0.3, -0.25) is 4.79 Å². The van der Waals surface area contributed by atoms with Gasteiger partial charge in [-0.05, 0) is 36.5 Å². The maximum atomic E-state index is 12.8. The van der Waals surface area contributed by atoms with E-state index in [1.54, 1.807) is 0 Å². The van der Waals surface area contributed by atoms with Crippen LogP contribution in [0.25, 0.3) is 0 Å². The molecule has 3 nitrogen and oxygen atoms in total. The monoisotopic (exact) mass is 308 g/mol. The van der Waals surface area contributed by atoms with E-state index in [-0.39, 0.29) is 18.0 Å². The van der Waals surface area contributed by atoms with Crippen LogP contribution < -0.4 is 5.73 Å². The Hall–Kier alpha value is -2.13. The number of amides is 1. The number of aryl methyl sites for hydroxylation is 1. The Morgan fingerprint density at radius 3 is 2.61 bits per heavy atom. The van der Waals surface area contributed by atoms with Crippen LogP contribution in [0.5, 0.6) is 0 Å². The maximum Gasteiger partial charge on any atom is 0.224 e. The summed E-state index contributed by atoms with van der Waals surface area (Å²) in [4.78, 5) is 14.8. The Bertz CT molecular complexity index is 668. The molecule has 2 aromatic rings. The van der Waals surface area contributed by atoms with Crippen molar-refractivity contribution in [2.24, 2.45) is 5.73 Å². The standard InChI is InChI=1S/C20H24N2O/c1-15-8-5-6-11-17(15)19-12-7-13-22(19)20(23)14-18(21)16-9-3-2-4-10-16/h2-6,8-11,18-19H,7,12-14,21H2,1H3/t18-,19-/m1/s1. The van der Waals surface area contributed by atoms with Gasteiger partial charge in [0.25, 0.3) is 0 Å². The lowest BCUT2D eigenvalue weighted by molar-refractivity contribution is -0.132. The zero-order valence-corrected chi connectivity index (χ0v) is 13.6. The molecule has 120 valence electrons. The smallest absolute Gasteiger partial charge is 0.224 e. The van der Waals surface area contributed by atoms with Crippen molar-refractivity contribution in [3.63, 3.8) is 0 Å². The molecule has 3 rings (SSSR count). The van der Waals surface area contributed by atoms with Crippen LogP contribution in [-0.2, 0) is 4.79 Å². The Balaban J connectivity index is 1.73. The van der Waals surface area contributed by atoms with Crippen LogP contribution in [0.2, 0.25) is 0 Å². The number of carbonyl (C=O) groups excluding carboxylic acids is 1. The van der Waals surface area contributed by atoms with Gasteiger partial charge >= 0.3 is 0 Å². The summed E-state index contributed by atoms with van der Waals surface area (Å²) < 4.78 is 0. The fourth-order valence-electron chi connectivity index (χ4n) is 3.47. The van der Waals surface area contributed by atoms with E-state index in [9.17, 15) is 4.79 Å². The number of nitrogens with zero attached hydrogens (tertiary/aromatic N) is 1. The number of benzene rings is 2. The minimum absolute atomic E-state index is 0.159. The highest BCUT2D eigenvalue weighted by atomic mass is 16.2. The van der Waals surface area contributed by atoms with Gasteiger partial charge in [-0.25, -0.2) is 0 Å². The summed E-state index contributed by atoms with van der Waals surface area (Å²) >= 11 is 0. The molecule has 0 aliphatic carbocycles. The topological polar surface area (TPSA) is 46.3 Å². The fourth-order valence-corrected chi connectivity index (χ4v) is 3.47. The zero-order valence-electron chi connectivity index (χ0n) is 13.6. The highest BCUT2D eigenvalue weighted by molar-refractivity contribution is 5.78. The van der Waals surface area contributed by atoms with E-state index in [0.29, 0.717) is 6.42 Å². The third kappa shape index (κ3) is 3.45. The van der Waals surface area contributed by atoms with Crippen LogP contribution in [0.4, 0.5) is 0 Å². The highest BCUT2D eigenvalue weighted by Crippen LogP contribution is 2.34. The molecule has 0 aromatic heterocycles. The molecule has 0 bridgehead atoms. The van der Waals surface area contributed by atoms with E-state index >= 15 is 0 Å². The van der Waals surface area contributed by atoms with Gasteiger partial charge in [-0.1, -0.05) is 54.6 Å². The quantitative estimate of drug-likeness (QED) is 0.935. The molecule has 3 heteroatoms. The van der Waals surface area contributed by atoms with Crippen molar-refractivity contribution in [3.8, 4) is 0 Å². The van der Waals surface area contributed by atoms with Gasteiger partial charge in [-0.2, -0.15) is 0 Å². The Morgan fingerprint density at radius 1 is 1.17 bits per heavy atom. The largest absolute Gasteiger partial charge is 0.336 e. The molecule has 1 amide bonds. The average molecular weight is 308 g/mol. The molecule has 0 unspecified atom stereocenters. The highest BCUT2D eigenvalue weighted by Gasteiger charge is 2.31. The number of carbonyl (C=O) groups is 1. The molecule has 0 radical (unpaired) electrons. The van der Waals surface area contributed by atoms with Crippen LogP contribution in [0.15, 0.2) is 54.6 Å². The first-order valence-electron chi connectivity index (χ1n) is 8.32. The Labute approximate surface area is 138 Å². The normalized spacial score (nSPS) is 18.9. The molecular formula is C20H24N2O. The minimum atomic E-state index is -0.234. The van der Waals surface area contributed by atoms with Crippen molar-refractivity contribution in [2.45, 2.75) is 38.3 Å². The van der Waals surface area contributed by atoms with E-state index in [2.05, 4.69) is 25.1 Å². The first-order valence-corrected chi connectivity index (χ1v) is 8.32. The summed E-state index contributed by atoms with van der Waals surface area (Å²) in [6.07, 6.45) is 2.47. The summed E-state index contributed by atoms with van der Waals surface area (Å²) in [6.45, 7) is 2.95. The van der Waals surface area contributed by atoms with Crippen molar-refractivity contribution in [3.05, 3.63) is 71.3 Å². The number of rotatable bonds is 4. The van der Waals surface area contributed by atoms with Crippen LogP contribution >= 0.6 is 0 Å². The molecule has 2 atom stereocenters. The zero-order chi connectivity index (χ0) is 16.2. The molecule has 1 saturated heterocycles. The number of hydrogen-bond donors (Lipinski definition) is 1. The average Bonchev–Trinajstić information content (AvgIpc) is 3.05.